The number of nitrogens with one attached hydrogen (secondary N) is 2. The van der Waals surface area contributed by atoms with E-state index in [9.17, 15) is 18.0 Å². The Balaban J connectivity index is 1.89. The van der Waals surface area contributed by atoms with E-state index in [2.05, 4.69) is 10.5 Å². The lowest BCUT2D eigenvalue weighted by atomic mass is 10.2. The first kappa shape index (κ1) is 23.6. The zero-order valence-electron chi connectivity index (χ0n) is 15.6. The summed E-state index contributed by atoms with van der Waals surface area (Å²) in [6, 6.07) is 9.24. The molecule has 0 aliphatic heterocycles. The summed E-state index contributed by atoms with van der Waals surface area (Å²) in [4.78, 5) is 11.3. The van der Waals surface area contributed by atoms with Gasteiger partial charge in [-0.15, -0.1) is 11.8 Å². The van der Waals surface area contributed by atoms with Crippen LogP contribution in [0, 0.1) is 5.41 Å². The van der Waals surface area contributed by atoms with Gasteiger partial charge >= 0.3 is 12.1 Å². The fourth-order valence-corrected chi connectivity index (χ4v) is 3.22. The number of aliphatic carboxylic acids is 1. The van der Waals surface area contributed by atoms with E-state index in [4.69, 9.17) is 26.9 Å². The highest BCUT2D eigenvalue weighted by atomic mass is 35.5. The predicted octanol–water partition coefficient (Wildman–Crippen LogP) is 5.42. The van der Waals surface area contributed by atoms with Crippen molar-refractivity contribution < 1.29 is 27.8 Å². The standard InChI is InChI=1S/C19H17ClF3N3O3S/c1-11(25-26-13-4-2-12(3-5-13)19(21,22)23)16(24)10-30-14-6-7-17(15(20)8-14)29-9-18(27)28/h2-8,24,26H,9-10H2,1H3,(H,27,28)/b24-16?,25-11-. The van der Waals surface area contributed by atoms with Crippen molar-refractivity contribution in [3.05, 3.63) is 53.1 Å². The Labute approximate surface area is 179 Å². The number of hydrazone groups is 1. The molecule has 0 aromatic heterocycles. The predicted molar refractivity (Wildman–Crippen MR) is 111 cm³/mol. The molecule has 11 heteroatoms. The molecule has 0 aliphatic carbocycles. The molecule has 2 rings (SSSR count). The van der Waals surface area contributed by atoms with Crippen LogP contribution in [0.4, 0.5) is 18.9 Å². The Morgan fingerprint density at radius 3 is 2.50 bits per heavy atom. The van der Waals surface area contributed by atoms with Gasteiger partial charge in [-0.1, -0.05) is 11.6 Å². The van der Waals surface area contributed by atoms with Gasteiger partial charge in [0.25, 0.3) is 0 Å². The van der Waals surface area contributed by atoms with Crippen molar-refractivity contribution >= 4 is 46.4 Å². The minimum Gasteiger partial charge on any atom is -0.480 e. The molecule has 0 bridgehead atoms. The van der Waals surface area contributed by atoms with E-state index in [0.717, 1.165) is 17.0 Å². The third-order valence-corrected chi connectivity index (χ3v) is 4.95. The van der Waals surface area contributed by atoms with Crippen LogP contribution >= 0.6 is 23.4 Å². The lowest BCUT2D eigenvalue weighted by molar-refractivity contribution is -0.139. The molecule has 0 fully saturated rings. The molecule has 2 aromatic rings. The molecule has 2 aromatic carbocycles. The molecule has 0 saturated carbocycles. The normalized spacial score (nSPS) is 11.8. The van der Waals surface area contributed by atoms with E-state index in [-0.39, 0.29) is 22.2 Å². The second-order valence-electron chi connectivity index (χ2n) is 5.93. The van der Waals surface area contributed by atoms with Crippen LogP contribution in [-0.2, 0) is 11.0 Å². The van der Waals surface area contributed by atoms with Gasteiger partial charge in [-0.25, -0.2) is 4.79 Å². The Bertz CT molecular complexity index is 950. The highest BCUT2D eigenvalue weighted by Crippen LogP contribution is 2.31. The molecular weight excluding hydrogens is 443 g/mol. The van der Waals surface area contributed by atoms with Crippen LogP contribution in [0.5, 0.6) is 5.75 Å². The first-order chi connectivity index (χ1) is 14.1. The SMILES string of the molecule is C/C(=N/Nc1ccc(C(F)(F)F)cc1)C(=N)CSc1ccc(OCC(=O)O)c(Cl)c1. The van der Waals surface area contributed by atoms with Crippen molar-refractivity contribution in [1.29, 1.82) is 5.41 Å². The summed E-state index contributed by atoms with van der Waals surface area (Å²) in [5.41, 5.74) is 2.82. The Morgan fingerprint density at radius 1 is 1.27 bits per heavy atom. The lowest BCUT2D eigenvalue weighted by Gasteiger charge is -2.09. The van der Waals surface area contributed by atoms with Crippen molar-refractivity contribution in [2.75, 3.05) is 17.8 Å². The van der Waals surface area contributed by atoms with Crippen LogP contribution in [0.15, 0.2) is 52.5 Å². The smallest absolute Gasteiger partial charge is 0.416 e. The zero-order chi connectivity index (χ0) is 22.3. The average Bonchev–Trinajstić information content (AvgIpc) is 2.69. The number of alkyl halides is 3. The van der Waals surface area contributed by atoms with Crippen LogP contribution in [0.2, 0.25) is 5.02 Å². The number of ether oxygens (including phenoxy) is 1. The highest BCUT2D eigenvalue weighted by Gasteiger charge is 2.29. The van der Waals surface area contributed by atoms with Crippen molar-refractivity contribution in [1.82, 2.24) is 0 Å². The quantitative estimate of drug-likeness (QED) is 0.264. The summed E-state index contributed by atoms with van der Waals surface area (Å²) in [5, 5.41) is 21.0. The van der Waals surface area contributed by atoms with Gasteiger partial charge in [-0.2, -0.15) is 18.3 Å². The molecule has 0 amide bonds. The average molecular weight is 460 g/mol. The number of anilines is 1. The molecule has 0 radical (unpaired) electrons. The molecule has 6 nitrogen and oxygen atoms in total. The second-order valence-corrected chi connectivity index (χ2v) is 7.38. The number of halogens is 4. The molecule has 0 aliphatic rings. The summed E-state index contributed by atoms with van der Waals surface area (Å²) in [5.74, 6) is -0.593. The summed E-state index contributed by atoms with van der Waals surface area (Å²) >= 11 is 7.37. The van der Waals surface area contributed by atoms with Gasteiger partial charge in [0, 0.05) is 10.6 Å². The molecule has 3 N–H and O–H groups in total. The van der Waals surface area contributed by atoms with Gasteiger partial charge in [0.2, 0.25) is 0 Å². The largest absolute Gasteiger partial charge is 0.480 e. The first-order valence-corrected chi connectivity index (χ1v) is 9.75. The fraction of sp³-hybridized carbons (Fsp3) is 0.211. The van der Waals surface area contributed by atoms with Crippen LogP contribution in [-0.4, -0.2) is 34.9 Å². The van der Waals surface area contributed by atoms with Gasteiger partial charge in [-0.05, 0) is 49.4 Å². The van der Waals surface area contributed by atoms with Crippen LogP contribution in [0.1, 0.15) is 12.5 Å². The maximum Gasteiger partial charge on any atom is 0.416 e. The van der Waals surface area contributed by atoms with Crippen molar-refractivity contribution in [3.63, 3.8) is 0 Å². The lowest BCUT2D eigenvalue weighted by Crippen LogP contribution is -2.13. The summed E-state index contributed by atoms with van der Waals surface area (Å²) in [7, 11) is 0. The van der Waals surface area contributed by atoms with Crippen molar-refractivity contribution in [2.45, 2.75) is 18.0 Å². The molecule has 160 valence electrons. The number of carbonyl (C=O) groups is 1. The number of hydrogen-bond acceptors (Lipinski definition) is 6. The highest BCUT2D eigenvalue weighted by molar-refractivity contribution is 8.00. The monoisotopic (exact) mass is 459 g/mol. The van der Waals surface area contributed by atoms with Crippen LogP contribution < -0.4 is 10.2 Å². The summed E-state index contributed by atoms with van der Waals surface area (Å²) in [6.45, 7) is 1.11. The topological polar surface area (TPSA) is 94.8 Å². The van der Waals surface area contributed by atoms with E-state index >= 15 is 0 Å². The van der Waals surface area contributed by atoms with Crippen LogP contribution in [0.25, 0.3) is 0 Å². The van der Waals surface area contributed by atoms with E-state index in [1.54, 1.807) is 25.1 Å². The molecular formula is C19H17ClF3N3O3S. The van der Waals surface area contributed by atoms with Gasteiger partial charge in [0.1, 0.15) is 5.75 Å². The number of carboxylic acid groups (broad SMARTS) is 1. The Kier molecular flexibility index (Phi) is 8.13. The van der Waals surface area contributed by atoms with Gasteiger partial charge in [0.15, 0.2) is 6.61 Å². The third kappa shape index (κ3) is 7.27. The van der Waals surface area contributed by atoms with Gasteiger partial charge < -0.3 is 15.3 Å². The van der Waals surface area contributed by atoms with Crippen molar-refractivity contribution in [2.24, 2.45) is 5.10 Å². The Morgan fingerprint density at radius 2 is 1.93 bits per heavy atom. The minimum atomic E-state index is -4.40. The van der Waals surface area contributed by atoms with E-state index < -0.39 is 24.3 Å². The third-order valence-electron chi connectivity index (χ3n) is 3.64. The fourth-order valence-electron chi connectivity index (χ4n) is 2.04. The van der Waals surface area contributed by atoms with E-state index in [1.165, 1.54) is 23.9 Å². The summed E-state index contributed by atoms with van der Waals surface area (Å²) in [6.07, 6.45) is -4.40. The molecule has 30 heavy (non-hydrogen) atoms. The van der Waals surface area contributed by atoms with Gasteiger partial charge in [0.05, 0.1) is 27.7 Å². The number of nitrogens with zero attached hydrogens (tertiary/aromatic N) is 1. The molecule has 0 saturated heterocycles. The molecule has 0 heterocycles. The Hall–Kier alpha value is -2.72. The number of thioether (sulfide) groups is 1. The minimum absolute atomic E-state index is 0.210. The zero-order valence-corrected chi connectivity index (χ0v) is 17.2. The molecule has 0 spiro atoms. The number of hydrogen-bond donors (Lipinski definition) is 3. The number of carboxylic acids is 1. The van der Waals surface area contributed by atoms with Crippen molar-refractivity contribution in [3.8, 4) is 5.75 Å². The molecule has 0 atom stereocenters. The van der Waals surface area contributed by atoms with E-state index in [0.29, 0.717) is 11.4 Å². The van der Waals surface area contributed by atoms with Crippen LogP contribution in [0.3, 0.4) is 0 Å². The molecule has 0 unspecified atom stereocenters. The maximum absolute atomic E-state index is 12.6. The second kappa shape index (κ2) is 10.4. The summed E-state index contributed by atoms with van der Waals surface area (Å²) < 4.78 is 42.7. The number of benzene rings is 2. The number of rotatable bonds is 9. The van der Waals surface area contributed by atoms with Gasteiger partial charge in [-0.3, -0.25) is 5.43 Å². The first-order valence-electron chi connectivity index (χ1n) is 8.38. The maximum atomic E-state index is 12.6. The van der Waals surface area contributed by atoms with E-state index in [1.807, 2.05) is 0 Å².